The summed E-state index contributed by atoms with van der Waals surface area (Å²) < 4.78 is 10.7. The van der Waals surface area contributed by atoms with Crippen LogP contribution in [0.5, 0.6) is 5.75 Å². The standard InChI is InChI=1S/C16H24N2O3/c1-12(16(19)18-14-6-7-14)21-15-5-3-4-13(10-15)11-17-8-9-20-2/h3-5,10,12,14,17H,6-9,11H2,1-2H3,(H,18,19). The van der Waals surface area contributed by atoms with Gasteiger partial charge >= 0.3 is 0 Å². The number of amides is 1. The number of hydrogen-bond donors (Lipinski definition) is 2. The molecule has 1 aliphatic rings. The van der Waals surface area contributed by atoms with Crippen molar-refractivity contribution in [2.75, 3.05) is 20.3 Å². The van der Waals surface area contributed by atoms with E-state index < -0.39 is 6.10 Å². The van der Waals surface area contributed by atoms with E-state index >= 15 is 0 Å². The molecule has 0 bridgehead atoms. The van der Waals surface area contributed by atoms with Crippen molar-refractivity contribution in [1.82, 2.24) is 10.6 Å². The van der Waals surface area contributed by atoms with Crippen molar-refractivity contribution in [3.63, 3.8) is 0 Å². The fraction of sp³-hybridized carbons (Fsp3) is 0.562. The van der Waals surface area contributed by atoms with Crippen LogP contribution in [-0.4, -0.2) is 38.3 Å². The lowest BCUT2D eigenvalue weighted by Gasteiger charge is -2.15. The van der Waals surface area contributed by atoms with Crippen molar-refractivity contribution in [1.29, 1.82) is 0 Å². The summed E-state index contributed by atoms with van der Waals surface area (Å²) in [6.45, 7) is 4.03. The number of hydrogen-bond acceptors (Lipinski definition) is 4. The van der Waals surface area contributed by atoms with Crippen LogP contribution in [0, 0.1) is 0 Å². The molecule has 1 aliphatic carbocycles. The van der Waals surface area contributed by atoms with E-state index in [4.69, 9.17) is 9.47 Å². The highest BCUT2D eigenvalue weighted by atomic mass is 16.5. The average Bonchev–Trinajstić information content (AvgIpc) is 3.28. The fourth-order valence-electron chi connectivity index (χ4n) is 1.94. The molecule has 0 heterocycles. The van der Waals surface area contributed by atoms with Crippen LogP contribution in [0.4, 0.5) is 0 Å². The van der Waals surface area contributed by atoms with E-state index in [2.05, 4.69) is 10.6 Å². The maximum absolute atomic E-state index is 11.9. The summed E-state index contributed by atoms with van der Waals surface area (Å²) in [5.74, 6) is 0.681. The maximum atomic E-state index is 11.9. The van der Waals surface area contributed by atoms with Crippen LogP contribution in [0.15, 0.2) is 24.3 Å². The van der Waals surface area contributed by atoms with Crippen LogP contribution < -0.4 is 15.4 Å². The molecule has 1 unspecified atom stereocenters. The molecule has 1 aromatic rings. The lowest BCUT2D eigenvalue weighted by molar-refractivity contribution is -0.127. The van der Waals surface area contributed by atoms with Crippen LogP contribution in [0.1, 0.15) is 25.3 Å². The SMILES string of the molecule is COCCNCc1cccc(OC(C)C(=O)NC2CC2)c1. The summed E-state index contributed by atoms with van der Waals surface area (Å²) in [6, 6.07) is 8.16. The van der Waals surface area contributed by atoms with Crippen molar-refractivity contribution < 1.29 is 14.3 Å². The lowest BCUT2D eigenvalue weighted by Crippen LogP contribution is -2.37. The average molecular weight is 292 g/mol. The number of ether oxygens (including phenoxy) is 2. The van der Waals surface area contributed by atoms with E-state index in [0.717, 1.165) is 37.2 Å². The third-order valence-electron chi connectivity index (χ3n) is 3.32. The molecule has 1 fully saturated rings. The number of rotatable bonds is 9. The zero-order valence-electron chi connectivity index (χ0n) is 12.7. The lowest BCUT2D eigenvalue weighted by atomic mass is 10.2. The van der Waals surface area contributed by atoms with Gasteiger partial charge < -0.3 is 20.1 Å². The molecular formula is C16H24N2O3. The first-order chi connectivity index (χ1) is 10.2. The monoisotopic (exact) mass is 292 g/mol. The van der Waals surface area contributed by atoms with E-state index in [0.29, 0.717) is 12.6 Å². The van der Waals surface area contributed by atoms with Gasteiger partial charge in [0.2, 0.25) is 0 Å². The summed E-state index contributed by atoms with van der Waals surface area (Å²) in [4.78, 5) is 11.9. The van der Waals surface area contributed by atoms with Gasteiger partial charge in [-0.1, -0.05) is 12.1 Å². The van der Waals surface area contributed by atoms with Gasteiger partial charge in [0.1, 0.15) is 5.75 Å². The molecule has 5 nitrogen and oxygen atoms in total. The minimum atomic E-state index is -0.470. The Kier molecular flexibility index (Phi) is 6.02. The fourth-order valence-corrected chi connectivity index (χ4v) is 1.94. The van der Waals surface area contributed by atoms with Gasteiger partial charge in [-0.05, 0) is 37.5 Å². The number of carbonyl (C=O) groups excluding carboxylic acids is 1. The van der Waals surface area contributed by atoms with Crippen molar-refractivity contribution >= 4 is 5.91 Å². The normalized spacial score (nSPS) is 15.5. The van der Waals surface area contributed by atoms with Crippen LogP contribution in [-0.2, 0) is 16.1 Å². The van der Waals surface area contributed by atoms with Crippen LogP contribution in [0.3, 0.4) is 0 Å². The highest BCUT2D eigenvalue weighted by molar-refractivity contribution is 5.81. The second-order valence-electron chi connectivity index (χ2n) is 5.36. The van der Waals surface area contributed by atoms with Gasteiger partial charge in [0.05, 0.1) is 6.61 Å². The molecule has 1 aromatic carbocycles. The molecule has 21 heavy (non-hydrogen) atoms. The largest absolute Gasteiger partial charge is 0.481 e. The summed E-state index contributed by atoms with van der Waals surface area (Å²) in [6.07, 6.45) is 1.70. The highest BCUT2D eigenvalue weighted by Crippen LogP contribution is 2.19. The van der Waals surface area contributed by atoms with Gasteiger partial charge in [-0.15, -0.1) is 0 Å². The summed E-state index contributed by atoms with van der Waals surface area (Å²) in [5.41, 5.74) is 1.12. The minimum absolute atomic E-state index is 0.0406. The summed E-state index contributed by atoms with van der Waals surface area (Å²) >= 11 is 0. The molecule has 0 aliphatic heterocycles. The van der Waals surface area contributed by atoms with E-state index in [1.54, 1.807) is 14.0 Å². The zero-order chi connectivity index (χ0) is 15.1. The molecule has 2 N–H and O–H groups in total. The number of nitrogens with one attached hydrogen (secondary N) is 2. The van der Waals surface area contributed by atoms with Crippen molar-refractivity contribution in [2.45, 2.75) is 38.5 Å². The van der Waals surface area contributed by atoms with Gasteiger partial charge in [0.25, 0.3) is 5.91 Å². The molecule has 1 saturated carbocycles. The van der Waals surface area contributed by atoms with Gasteiger partial charge in [-0.25, -0.2) is 0 Å². The Balaban J connectivity index is 1.80. The minimum Gasteiger partial charge on any atom is -0.481 e. The molecule has 0 aromatic heterocycles. The molecule has 116 valence electrons. The Morgan fingerprint density at radius 2 is 2.24 bits per heavy atom. The number of carbonyl (C=O) groups is 1. The van der Waals surface area contributed by atoms with E-state index in [9.17, 15) is 4.79 Å². The van der Waals surface area contributed by atoms with Crippen LogP contribution >= 0.6 is 0 Å². The summed E-state index contributed by atoms with van der Waals surface area (Å²) in [7, 11) is 1.68. The molecule has 5 heteroatoms. The molecule has 1 amide bonds. The van der Waals surface area contributed by atoms with Crippen LogP contribution in [0.2, 0.25) is 0 Å². The summed E-state index contributed by atoms with van der Waals surface area (Å²) in [5, 5.41) is 6.23. The van der Waals surface area contributed by atoms with Gasteiger partial charge in [0.15, 0.2) is 6.10 Å². The molecule has 0 radical (unpaired) electrons. The van der Waals surface area contributed by atoms with Crippen LogP contribution in [0.25, 0.3) is 0 Å². The smallest absolute Gasteiger partial charge is 0.260 e. The first-order valence-electron chi connectivity index (χ1n) is 7.44. The quantitative estimate of drug-likeness (QED) is 0.677. The molecular weight excluding hydrogens is 268 g/mol. The predicted molar refractivity (Wildman–Crippen MR) is 81.3 cm³/mol. The second-order valence-corrected chi connectivity index (χ2v) is 5.36. The first kappa shape index (κ1) is 15.8. The highest BCUT2D eigenvalue weighted by Gasteiger charge is 2.26. The third-order valence-corrected chi connectivity index (χ3v) is 3.32. The van der Waals surface area contributed by atoms with Gasteiger partial charge in [-0.2, -0.15) is 0 Å². The van der Waals surface area contributed by atoms with Crippen molar-refractivity contribution in [2.24, 2.45) is 0 Å². The van der Waals surface area contributed by atoms with Gasteiger partial charge in [-0.3, -0.25) is 4.79 Å². The first-order valence-corrected chi connectivity index (χ1v) is 7.44. The Hall–Kier alpha value is -1.59. The van der Waals surface area contributed by atoms with Gasteiger partial charge in [0, 0.05) is 26.2 Å². The van der Waals surface area contributed by atoms with Crippen molar-refractivity contribution in [3.05, 3.63) is 29.8 Å². The topological polar surface area (TPSA) is 59.6 Å². The van der Waals surface area contributed by atoms with E-state index in [1.807, 2.05) is 24.3 Å². The molecule has 0 spiro atoms. The zero-order valence-corrected chi connectivity index (χ0v) is 12.7. The number of methoxy groups -OCH3 is 1. The Bertz CT molecular complexity index is 461. The predicted octanol–water partition coefficient (Wildman–Crippen LogP) is 1.47. The molecule has 1 atom stereocenters. The number of benzene rings is 1. The molecule has 0 saturated heterocycles. The third kappa shape index (κ3) is 5.73. The Morgan fingerprint density at radius 1 is 1.43 bits per heavy atom. The Morgan fingerprint density at radius 3 is 2.95 bits per heavy atom. The second kappa shape index (κ2) is 8.00. The molecule has 2 rings (SSSR count). The Labute approximate surface area is 126 Å². The maximum Gasteiger partial charge on any atom is 0.260 e. The van der Waals surface area contributed by atoms with E-state index in [1.165, 1.54) is 0 Å². The van der Waals surface area contributed by atoms with Crippen molar-refractivity contribution in [3.8, 4) is 5.75 Å². The van der Waals surface area contributed by atoms with E-state index in [-0.39, 0.29) is 5.91 Å².